The fraction of sp³-hybridized carbons (Fsp3) is 0.571. The van der Waals surface area contributed by atoms with E-state index in [2.05, 4.69) is 5.32 Å². The maximum Gasteiger partial charge on any atom is 0.136 e. The quantitative estimate of drug-likeness (QED) is 0.870. The Morgan fingerprint density at radius 3 is 2.89 bits per heavy atom. The van der Waals surface area contributed by atoms with Crippen LogP contribution in [0, 0.1) is 5.82 Å². The summed E-state index contributed by atoms with van der Waals surface area (Å²) >= 11 is 5.97. The molecular formula is C14H18ClF2N. The van der Waals surface area contributed by atoms with Crippen LogP contribution in [0.3, 0.4) is 0 Å². The van der Waals surface area contributed by atoms with Crippen LogP contribution in [0.2, 0.25) is 5.02 Å². The summed E-state index contributed by atoms with van der Waals surface area (Å²) in [4.78, 5) is 0. The first-order valence-corrected chi connectivity index (χ1v) is 6.75. The molecule has 0 amide bonds. The van der Waals surface area contributed by atoms with Crippen LogP contribution in [-0.4, -0.2) is 12.6 Å². The minimum atomic E-state index is -1.60. The first-order chi connectivity index (χ1) is 8.49. The average Bonchev–Trinajstić information content (AvgIpc) is 2.33. The summed E-state index contributed by atoms with van der Waals surface area (Å²) in [6.07, 6.45) is 3.55. The zero-order chi connectivity index (χ0) is 13.2. The highest BCUT2D eigenvalue weighted by Crippen LogP contribution is 2.36. The Balaban J connectivity index is 2.15. The van der Waals surface area contributed by atoms with Crippen LogP contribution in [0.5, 0.6) is 0 Å². The lowest BCUT2D eigenvalue weighted by Crippen LogP contribution is -2.38. The Labute approximate surface area is 112 Å². The molecule has 1 N–H and O–H groups in total. The van der Waals surface area contributed by atoms with Gasteiger partial charge in [0.2, 0.25) is 0 Å². The minimum Gasteiger partial charge on any atom is -0.314 e. The fourth-order valence-corrected chi connectivity index (χ4v) is 2.88. The van der Waals surface area contributed by atoms with E-state index in [0.29, 0.717) is 6.42 Å². The second-order valence-corrected chi connectivity index (χ2v) is 5.58. The van der Waals surface area contributed by atoms with Gasteiger partial charge >= 0.3 is 0 Å². The van der Waals surface area contributed by atoms with Crippen molar-refractivity contribution in [1.29, 1.82) is 0 Å². The number of nitrogens with one attached hydrogen (secondary N) is 1. The molecule has 1 aliphatic rings. The van der Waals surface area contributed by atoms with Gasteiger partial charge in [-0.3, -0.25) is 0 Å². The number of piperidine rings is 1. The van der Waals surface area contributed by atoms with Crippen LogP contribution in [0.1, 0.15) is 38.2 Å². The molecule has 0 aromatic heterocycles. The van der Waals surface area contributed by atoms with Crippen molar-refractivity contribution in [3.8, 4) is 0 Å². The highest BCUT2D eigenvalue weighted by molar-refractivity contribution is 6.31. The third-order valence-electron chi connectivity index (χ3n) is 3.53. The van der Waals surface area contributed by atoms with Crippen molar-refractivity contribution in [3.63, 3.8) is 0 Å². The summed E-state index contributed by atoms with van der Waals surface area (Å²) in [7, 11) is 0. The van der Waals surface area contributed by atoms with Crippen molar-refractivity contribution in [2.75, 3.05) is 6.54 Å². The molecule has 2 atom stereocenters. The topological polar surface area (TPSA) is 12.0 Å². The van der Waals surface area contributed by atoms with Crippen LogP contribution in [0.4, 0.5) is 8.78 Å². The number of rotatable bonds is 3. The highest BCUT2D eigenvalue weighted by atomic mass is 35.5. The van der Waals surface area contributed by atoms with Crippen molar-refractivity contribution in [2.24, 2.45) is 0 Å². The van der Waals surface area contributed by atoms with Crippen molar-refractivity contribution in [3.05, 3.63) is 34.6 Å². The van der Waals surface area contributed by atoms with Gasteiger partial charge < -0.3 is 5.32 Å². The Bertz CT molecular complexity index is 414. The van der Waals surface area contributed by atoms with E-state index in [1.807, 2.05) is 0 Å². The van der Waals surface area contributed by atoms with Gasteiger partial charge in [0.25, 0.3) is 0 Å². The molecule has 100 valence electrons. The van der Waals surface area contributed by atoms with Gasteiger partial charge in [0, 0.05) is 23.0 Å². The summed E-state index contributed by atoms with van der Waals surface area (Å²) in [5.74, 6) is -0.449. The van der Waals surface area contributed by atoms with E-state index in [9.17, 15) is 8.78 Å². The monoisotopic (exact) mass is 273 g/mol. The summed E-state index contributed by atoms with van der Waals surface area (Å²) in [5.41, 5.74) is -1.36. The first-order valence-electron chi connectivity index (χ1n) is 6.37. The van der Waals surface area contributed by atoms with Crippen molar-refractivity contribution in [2.45, 2.75) is 44.3 Å². The maximum absolute atomic E-state index is 14.8. The smallest absolute Gasteiger partial charge is 0.136 e. The Kier molecular flexibility index (Phi) is 4.23. The summed E-state index contributed by atoms with van der Waals surface area (Å²) in [6, 6.07) is 4.01. The molecule has 1 aliphatic heterocycles. The van der Waals surface area contributed by atoms with Crippen LogP contribution in [-0.2, 0) is 5.67 Å². The predicted molar refractivity (Wildman–Crippen MR) is 70.1 cm³/mol. The normalized spacial score (nSPS) is 23.7. The highest BCUT2D eigenvalue weighted by Gasteiger charge is 2.32. The van der Waals surface area contributed by atoms with E-state index in [4.69, 9.17) is 11.6 Å². The van der Waals surface area contributed by atoms with E-state index in [1.54, 1.807) is 0 Å². The molecule has 4 heteroatoms. The molecule has 1 fully saturated rings. The van der Waals surface area contributed by atoms with Gasteiger partial charge in [-0.25, -0.2) is 8.78 Å². The van der Waals surface area contributed by atoms with Gasteiger partial charge in [0.05, 0.1) is 0 Å². The molecule has 1 nitrogen and oxygen atoms in total. The zero-order valence-electron chi connectivity index (χ0n) is 10.5. The van der Waals surface area contributed by atoms with E-state index in [0.717, 1.165) is 25.8 Å². The van der Waals surface area contributed by atoms with Crippen LogP contribution >= 0.6 is 11.6 Å². The van der Waals surface area contributed by atoms with E-state index < -0.39 is 11.5 Å². The van der Waals surface area contributed by atoms with Crippen molar-refractivity contribution in [1.82, 2.24) is 5.32 Å². The van der Waals surface area contributed by atoms with E-state index in [1.165, 1.54) is 25.1 Å². The molecule has 0 saturated carbocycles. The van der Waals surface area contributed by atoms with E-state index >= 15 is 0 Å². The lowest BCUT2D eigenvalue weighted by molar-refractivity contribution is 0.146. The molecule has 18 heavy (non-hydrogen) atoms. The average molecular weight is 274 g/mol. The number of hydrogen-bond donors (Lipinski definition) is 1. The Morgan fingerprint density at radius 2 is 2.22 bits per heavy atom. The number of alkyl halides is 1. The first kappa shape index (κ1) is 13.8. The van der Waals surface area contributed by atoms with Crippen LogP contribution < -0.4 is 5.32 Å². The second-order valence-electron chi connectivity index (χ2n) is 5.17. The predicted octanol–water partition coefficient (Wildman–Crippen LogP) is 4.20. The number of benzene rings is 1. The Hall–Kier alpha value is -0.670. The van der Waals surface area contributed by atoms with Gasteiger partial charge in [0.15, 0.2) is 0 Å². The molecule has 2 unspecified atom stereocenters. The molecule has 2 rings (SSSR count). The number of halogens is 3. The van der Waals surface area contributed by atoms with Crippen molar-refractivity contribution < 1.29 is 8.78 Å². The molecular weight excluding hydrogens is 256 g/mol. The van der Waals surface area contributed by atoms with Crippen LogP contribution in [0.15, 0.2) is 18.2 Å². The van der Waals surface area contributed by atoms with Crippen molar-refractivity contribution >= 4 is 11.6 Å². The van der Waals surface area contributed by atoms with Gasteiger partial charge in [-0.15, -0.1) is 0 Å². The second kappa shape index (κ2) is 5.54. The standard InChI is InChI=1S/C14H18ClF2N/c1-14(17,9-11-4-2-3-7-18-11)12-8-10(16)5-6-13(12)15/h5-6,8,11,18H,2-4,7,9H2,1H3. The SMILES string of the molecule is CC(F)(CC1CCCCN1)c1cc(F)ccc1Cl. The van der Waals surface area contributed by atoms with Crippen LogP contribution in [0.25, 0.3) is 0 Å². The molecule has 1 aromatic carbocycles. The lowest BCUT2D eigenvalue weighted by Gasteiger charge is -2.30. The third-order valence-corrected chi connectivity index (χ3v) is 3.86. The van der Waals surface area contributed by atoms with Gasteiger partial charge in [-0.2, -0.15) is 0 Å². The van der Waals surface area contributed by atoms with Gasteiger partial charge in [0.1, 0.15) is 11.5 Å². The fourth-order valence-electron chi connectivity index (χ4n) is 2.57. The summed E-state index contributed by atoms with van der Waals surface area (Å²) < 4.78 is 28.0. The largest absolute Gasteiger partial charge is 0.314 e. The molecule has 0 bridgehead atoms. The number of hydrogen-bond acceptors (Lipinski definition) is 1. The van der Waals surface area contributed by atoms with Gasteiger partial charge in [-0.1, -0.05) is 18.0 Å². The third kappa shape index (κ3) is 3.21. The molecule has 0 aliphatic carbocycles. The summed E-state index contributed by atoms with van der Waals surface area (Å²) in [6.45, 7) is 2.40. The molecule has 1 saturated heterocycles. The lowest BCUT2D eigenvalue weighted by atomic mass is 9.87. The van der Waals surface area contributed by atoms with Gasteiger partial charge in [-0.05, 0) is 44.5 Å². The zero-order valence-corrected chi connectivity index (χ0v) is 11.2. The Morgan fingerprint density at radius 1 is 1.44 bits per heavy atom. The molecule has 1 heterocycles. The maximum atomic E-state index is 14.8. The minimum absolute atomic E-state index is 0.146. The van der Waals surface area contributed by atoms with E-state index in [-0.39, 0.29) is 16.6 Å². The molecule has 1 aromatic rings. The molecule has 0 spiro atoms. The molecule has 0 radical (unpaired) electrons. The summed E-state index contributed by atoms with van der Waals surface area (Å²) in [5, 5.41) is 3.59.